The molecule has 37 heavy (non-hydrogen) atoms. The second-order valence-corrected chi connectivity index (χ2v) is 9.82. The molecule has 1 saturated heterocycles. The number of amides is 2. The SMILES string of the molecule is CC(=O)N[C@@H]1c2ccccc2C2(CCN(C(=O)C=Cc3ccccc3F)CC2)[C@H]1OCc1ccccc1. The molecule has 1 spiro atoms. The van der Waals surface area contributed by atoms with Gasteiger partial charge in [0.1, 0.15) is 5.82 Å². The molecular formula is C31H31FN2O3. The van der Waals surface area contributed by atoms with E-state index in [0.717, 1.165) is 11.1 Å². The summed E-state index contributed by atoms with van der Waals surface area (Å²) in [4.78, 5) is 27.0. The minimum absolute atomic E-state index is 0.101. The molecule has 0 unspecified atom stereocenters. The van der Waals surface area contributed by atoms with E-state index in [1.54, 1.807) is 18.2 Å². The highest BCUT2D eigenvalue weighted by Gasteiger charge is 2.54. The summed E-state index contributed by atoms with van der Waals surface area (Å²) in [5.41, 5.74) is 3.39. The Hall–Kier alpha value is -3.77. The Bertz CT molecular complexity index is 1300. The van der Waals surface area contributed by atoms with Crippen molar-refractivity contribution in [3.05, 3.63) is 113 Å². The number of fused-ring (bicyclic) bond motifs is 2. The van der Waals surface area contributed by atoms with E-state index in [0.29, 0.717) is 38.1 Å². The van der Waals surface area contributed by atoms with Crippen molar-refractivity contribution < 1.29 is 18.7 Å². The van der Waals surface area contributed by atoms with Crippen molar-refractivity contribution in [2.75, 3.05) is 13.1 Å². The van der Waals surface area contributed by atoms with Crippen molar-refractivity contribution in [3.8, 4) is 0 Å². The minimum Gasteiger partial charge on any atom is -0.370 e. The average molecular weight is 499 g/mol. The minimum atomic E-state index is -0.353. The number of rotatable bonds is 6. The Kier molecular flexibility index (Phi) is 7.19. The zero-order valence-electron chi connectivity index (χ0n) is 20.9. The summed E-state index contributed by atoms with van der Waals surface area (Å²) in [6.07, 6.45) is 4.13. The van der Waals surface area contributed by atoms with Crippen LogP contribution in [0.1, 0.15) is 48.1 Å². The Morgan fingerprint density at radius 3 is 2.41 bits per heavy atom. The smallest absolute Gasteiger partial charge is 0.246 e. The number of benzene rings is 3. The van der Waals surface area contributed by atoms with E-state index >= 15 is 0 Å². The van der Waals surface area contributed by atoms with Gasteiger partial charge in [0.2, 0.25) is 11.8 Å². The van der Waals surface area contributed by atoms with Crippen LogP contribution >= 0.6 is 0 Å². The van der Waals surface area contributed by atoms with Gasteiger partial charge in [0.25, 0.3) is 0 Å². The summed E-state index contributed by atoms with van der Waals surface area (Å²) >= 11 is 0. The molecule has 3 aromatic rings. The molecule has 3 aromatic carbocycles. The molecule has 2 amide bonds. The maximum absolute atomic E-state index is 14.0. The first-order chi connectivity index (χ1) is 18.0. The lowest BCUT2D eigenvalue weighted by Gasteiger charge is -2.44. The van der Waals surface area contributed by atoms with Crippen LogP contribution in [0.5, 0.6) is 0 Å². The molecule has 0 radical (unpaired) electrons. The molecule has 1 heterocycles. The predicted molar refractivity (Wildman–Crippen MR) is 141 cm³/mol. The predicted octanol–water partition coefficient (Wildman–Crippen LogP) is 5.18. The molecular weight excluding hydrogens is 467 g/mol. The molecule has 1 fully saturated rings. The largest absolute Gasteiger partial charge is 0.370 e. The van der Waals surface area contributed by atoms with Crippen LogP contribution in [-0.2, 0) is 26.3 Å². The van der Waals surface area contributed by atoms with Crippen LogP contribution in [-0.4, -0.2) is 35.9 Å². The summed E-state index contributed by atoms with van der Waals surface area (Å²) in [6, 6.07) is 24.4. The second kappa shape index (κ2) is 10.7. The molecule has 1 aliphatic heterocycles. The molecule has 5 nitrogen and oxygen atoms in total. The van der Waals surface area contributed by atoms with Crippen LogP contribution in [0.25, 0.3) is 6.08 Å². The summed E-state index contributed by atoms with van der Waals surface area (Å²) in [6.45, 7) is 3.07. The molecule has 1 N–H and O–H groups in total. The lowest BCUT2D eigenvalue weighted by Crippen LogP contribution is -2.51. The molecule has 2 aliphatic rings. The fraction of sp³-hybridized carbons (Fsp3) is 0.290. The van der Waals surface area contributed by atoms with Gasteiger partial charge in [0.15, 0.2) is 0 Å². The Morgan fingerprint density at radius 1 is 1.00 bits per heavy atom. The number of piperidine rings is 1. The van der Waals surface area contributed by atoms with Crippen LogP contribution < -0.4 is 5.32 Å². The summed E-state index contributed by atoms with van der Waals surface area (Å²) in [5, 5.41) is 3.14. The van der Waals surface area contributed by atoms with Gasteiger partial charge < -0.3 is 15.0 Å². The van der Waals surface area contributed by atoms with Crippen LogP contribution in [0.2, 0.25) is 0 Å². The number of hydrogen-bond donors (Lipinski definition) is 1. The molecule has 0 saturated carbocycles. The Morgan fingerprint density at radius 2 is 1.68 bits per heavy atom. The maximum atomic E-state index is 14.0. The lowest BCUT2D eigenvalue weighted by atomic mass is 9.71. The monoisotopic (exact) mass is 498 g/mol. The van der Waals surface area contributed by atoms with Crippen LogP contribution in [0, 0.1) is 5.82 Å². The van der Waals surface area contributed by atoms with Gasteiger partial charge in [-0.2, -0.15) is 0 Å². The lowest BCUT2D eigenvalue weighted by molar-refractivity contribution is -0.129. The van der Waals surface area contributed by atoms with Crippen molar-refractivity contribution in [1.29, 1.82) is 0 Å². The van der Waals surface area contributed by atoms with Crippen molar-refractivity contribution in [2.24, 2.45) is 0 Å². The fourth-order valence-corrected chi connectivity index (χ4v) is 5.80. The van der Waals surface area contributed by atoms with Crippen LogP contribution in [0.15, 0.2) is 84.9 Å². The van der Waals surface area contributed by atoms with Crippen molar-refractivity contribution >= 4 is 17.9 Å². The highest BCUT2D eigenvalue weighted by Crippen LogP contribution is 2.52. The molecule has 0 aromatic heterocycles. The maximum Gasteiger partial charge on any atom is 0.246 e. The normalized spacial score (nSPS) is 20.2. The summed E-state index contributed by atoms with van der Waals surface area (Å²) in [7, 11) is 0. The molecule has 2 atom stereocenters. The van der Waals surface area contributed by atoms with Gasteiger partial charge in [-0.25, -0.2) is 4.39 Å². The second-order valence-electron chi connectivity index (χ2n) is 9.82. The van der Waals surface area contributed by atoms with Gasteiger partial charge in [-0.3, -0.25) is 9.59 Å². The average Bonchev–Trinajstić information content (AvgIpc) is 3.15. The first-order valence-electron chi connectivity index (χ1n) is 12.7. The van der Waals surface area contributed by atoms with E-state index in [-0.39, 0.29) is 35.2 Å². The van der Waals surface area contributed by atoms with E-state index in [2.05, 4.69) is 17.4 Å². The summed E-state index contributed by atoms with van der Waals surface area (Å²) < 4.78 is 20.6. The third-order valence-corrected chi connectivity index (χ3v) is 7.59. The number of carbonyl (C=O) groups is 2. The molecule has 1 aliphatic carbocycles. The number of carbonyl (C=O) groups excluding carboxylic acids is 2. The first kappa shape index (κ1) is 24.9. The quantitative estimate of drug-likeness (QED) is 0.477. The van der Waals surface area contributed by atoms with Crippen LogP contribution in [0.4, 0.5) is 4.39 Å². The summed E-state index contributed by atoms with van der Waals surface area (Å²) in [5.74, 6) is -0.588. The van der Waals surface area contributed by atoms with Gasteiger partial charge in [0, 0.05) is 37.1 Å². The van der Waals surface area contributed by atoms with E-state index in [4.69, 9.17) is 4.74 Å². The first-order valence-corrected chi connectivity index (χ1v) is 12.7. The number of likely N-dealkylation sites (tertiary alicyclic amines) is 1. The van der Waals surface area contributed by atoms with E-state index in [9.17, 15) is 14.0 Å². The number of hydrogen-bond acceptors (Lipinski definition) is 3. The van der Waals surface area contributed by atoms with Crippen molar-refractivity contribution in [3.63, 3.8) is 0 Å². The van der Waals surface area contributed by atoms with E-state index in [1.165, 1.54) is 30.7 Å². The molecule has 6 heteroatoms. The fourth-order valence-electron chi connectivity index (χ4n) is 5.80. The zero-order chi connectivity index (χ0) is 25.8. The van der Waals surface area contributed by atoms with Gasteiger partial charge in [-0.1, -0.05) is 72.8 Å². The molecule has 190 valence electrons. The number of ether oxygens (including phenoxy) is 1. The van der Waals surface area contributed by atoms with Gasteiger partial charge >= 0.3 is 0 Å². The van der Waals surface area contributed by atoms with Crippen LogP contribution in [0.3, 0.4) is 0 Å². The van der Waals surface area contributed by atoms with Crippen molar-refractivity contribution in [2.45, 2.75) is 43.9 Å². The van der Waals surface area contributed by atoms with E-state index < -0.39 is 0 Å². The zero-order valence-corrected chi connectivity index (χ0v) is 20.9. The van der Waals surface area contributed by atoms with Crippen molar-refractivity contribution in [1.82, 2.24) is 10.2 Å². The van der Waals surface area contributed by atoms with E-state index in [1.807, 2.05) is 47.4 Å². The standard InChI is InChI=1S/C31H31FN2O3/c1-22(35)33-29-25-12-6-7-13-26(25)31(30(29)37-21-23-9-3-2-4-10-23)17-19-34(20-18-31)28(36)16-15-24-11-5-8-14-27(24)32/h2-16,29-30H,17-21H2,1H3,(H,33,35)/t29-,30+/m1/s1. The third-order valence-electron chi connectivity index (χ3n) is 7.59. The van der Waals surface area contributed by atoms with Gasteiger partial charge in [-0.15, -0.1) is 0 Å². The molecule has 0 bridgehead atoms. The van der Waals surface area contributed by atoms with Gasteiger partial charge in [0.05, 0.1) is 18.8 Å². The highest BCUT2D eigenvalue weighted by molar-refractivity contribution is 5.92. The number of nitrogens with one attached hydrogen (secondary N) is 1. The van der Waals surface area contributed by atoms with Gasteiger partial charge in [-0.05, 0) is 41.7 Å². The topological polar surface area (TPSA) is 58.6 Å². The third kappa shape index (κ3) is 5.07. The number of halogens is 1. The Balaban J connectivity index is 1.38. The number of nitrogens with zero attached hydrogens (tertiary/aromatic N) is 1. The molecule has 5 rings (SSSR count). The highest BCUT2D eigenvalue weighted by atomic mass is 19.1. The Labute approximate surface area is 217 Å².